The SMILES string of the molecule is CCOC(=O)COCCOCCOCCOCCOCCOS(=O)(=O)c1ccc(C)cc1. The van der Waals surface area contributed by atoms with E-state index >= 15 is 0 Å². The molecule has 0 saturated carbocycles. The molecule has 32 heavy (non-hydrogen) atoms. The van der Waals surface area contributed by atoms with Gasteiger partial charge < -0.3 is 28.4 Å². The predicted molar refractivity (Wildman–Crippen MR) is 115 cm³/mol. The maximum Gasteiger partial charge on any atom is 0.332 e. The van der Waals surface area contributed by atoms with Crippen molar-refractivity contribution in [3.8, 4) is 0 Å². The Balaban J connectivity index is 1.83. The van der Waals surface area contributed by atoms with E-state index < -0.39 is 10.1 Å². The molecule has 10 nitrogen and oxygen atoms in total. The summed E-state index contributed by atoms with van der Waals surface area (Å²) in [6.07, 6.45) is 0. The minimum atomic E-state index is -3.77. The number of aryl methyl sites for hydroxylation is 1. The number of hydrogen-bond acceptors (Lipinski definition) is 10. The molecule has 0 saturated heterocycles. The van der Waals surface area contributed by atoms with Crippen LogP contribution in [-0.4, -0.2) is 93.7 Å². The van der Waals surface area contributed by atoms with Crippen LogP contribution in [-0.2, 0) is 47.5 Å². The fourth-order valence-corrected chi connectivity index (χ4v) is 3.11. The Morgan fingerprint density at radius 3 is 1.62 bits per heavy atom. The van der Waals surface area contributed by atoms with E-state index in [-0.39, 0.29) is 30.7 Å². The van der Waals surface area contributed by atoms with Gasteiger partial charge >= 0.3 is 5.97 Å². The molecule has 0 bridgehead atoms. The van der Waals surface area contributed by atoms with Crippen LogP contribution in [0.2, 0.25) is 0 Å². The minimum absolute atomic E-state index is 0.0623. The maximum atomic E-state index is 12.0. The molecule has 0 fully saturated rings. The quantitative estimate of drug-likeness (QED) is 0.154. The second kappa shape index (κ2) is 17.9. The van der Waals surface area contributed by atoms with Crippen LogP contribution < -0.4 is 0 Å². The normalized spacial score (nSPS) is 11.6. The van der Waals surface area contributed by atoms with Gasteiger partial charge in [-0.15, -0.1) is 0 Å². The number of hydrogen-bond donors (Lipinski definition) is 0. The van der Waals surface area contributed by atoms with E-state index in [9.17, 15) is 13.2 Å². The molecule has 0 N–H and O–H groups in total. The molecule has 0 heterocycles. The summed E-state index contributed by atoms with van der Waals surface area (Å²) in [5.74, 6) is -0.388. The molecule has 0 radical (unpaired) electrons. The summed E-state index contributed by atoms with van der Waals surface area (Å²) in [6.45, 7) is 6.98. The molecule has 11 heteroatoms. The zero-order valence-electron chi connectivity index (χ0n) is 18.8. The monoisotopic (exact) mass is 478 g/mol. The summed E-state index contributed by atoms with van der Waals surface area (Å²) in [4.78, 5) is 11.2. The summed E-state index contributed by atoms with van der Waals surface area (Å²) in [6, 6.07) is 6.45. The lowest BCUT2D eigenvalue weighted by molar-refractivity contribution is -0.149. The molecule has 1 aromatic carbocycles. The van der Waals surface area contributed by atoms with Gasteiger partial charge in [0.25, 0.3) is 10.1 Å². The number of ether oxygens (including phenoxy) is 6. The number of benzene rings is 1. The lowest BCUT2D eigenvalue weighted by atomic mass is 10.2. The fourth-order valence-electron chi connectivity index (χ4n) is 2.21. The average Bonchev–Trinajstić information content (AvgIpc) is 2.76. The van der Waals surface area contributed by atoms with Crippen molar-refractivity contribution in [3.63, 3.8) is 0 Å². The molecule has 1 rings (SSSR count). The van der Waals surface area contributed by atoms with E-state index in [2.05, 4.69) is 0 Å². The summed E-state index contributed by atoms with van der Waals surface area (Å²) < 4.78 is 60.0. The highest BCUT2D eigenvalue weighted by atomic mass is 32.2. The molecular formula is C21H34O10S. The summed E-state index contributed by atoms with van der Waals surface area (Å²) in [7, 11) is -3.77. The number of carbonyl (C=O) groups is 1. The summed E-state index contributed by atoms with van der Waals surface area (Å²) in [5.41, 5.74) is 0.973. The first-order valence-corrected chi connectivity index (χ1v) is 11.9. The van der Waals surface area contributed by atoms with Gasteiger partial charge in [-0.3, -0.25) is 4.18 Å². The molecule has 0 aromatic heterocycles. The Morgan fingerprint density at radius 2 is 1.16 bits per heavy atom. The third-order valence-corrected chi connectivity index (χ3v) is 5.12. The Kier molecular flexibility index (Phi) is 15.9. The van der Waals surface area contributed by atoms with Crippen molar-refractivity contribution in [2.45, 2.75) is 18.7 Å². The lowest BCUT2D eigenvalue weighted by Crippen LogP contribution is -2.16. The van der Waals surface area contributed by atoms with Crippen LogP contribution in [0.1, 0.15) is 12.5 Å². The van der Waals surface area contributed by atoms with E-state index in [4.69, 9.17) is 32.6 Å². The van der Waals surface area contributed by atoms with Gasteiger partial charge in [0.2, 0.25) is 0 Å². The van der Waals surface area contributed by atoms with Crippen molar-refractivity contribution in [2.75, 3.05) is 79.3 Å². The number of rotatable bonds is 20. The van der Waals surface area contributed by atoms with E-state index in [1.54, 1.807) is 19.1 Å². The van der Waals surface area contributed by atoms with Gasteiger partial charge in [-0.05, 0) is 26.0 Å². The van der Waals surface area contributed by atoms with E-state index in [1.165, 1.54) is 12.1 Å². The van der Waals surface area contributed by atoms with Crippen LogP contribution in [0, 0.1) is 6.92 Å². The largest absolute Gasteiger partial charge is 0.464 e. The Bertz CT molecular complexity index is 706. The molecule has 0 aliphatic heterocycles. The lowest BCUT2D eigenvalue weighted by Gasteiger charge is -2.08. The average molecular weight is 479 g/mol. The van der Waals surface area contributed by atoms with Crippen LogP contribution in [0.15, 0.2) is 29.2 Å². The predicted octanol–water partition coefficient (Wildman–Crippen LogP) is 1.35. The van der Waals surface area contributed by atoms with Crippen molar-refractivity contribution in [1.29, 1.82) is 0 Å². The third-order valence-electron chi connectivity index (χ3n) is 3.79. The van der Waals surface area contributed by atoms with Crippen LogP contribution in [0.4, 0.5) is 0 Å². The van der Waals surface area contributed by atoms with Gasteiger partial charge in [-0.1, -0.05) is 17.7 Å². The first kappa shape index (κ1) is 28.4. The molecule has 1 aromatic rings. The summed E-state index contributed by atoms with van der Waals surface area (Å²) in [5, 5.41) is 0. The smallest absolute Gasteiger partial charge is 0.332 e. The topological polar surface area (TPSA) is 116 Å². The second-order valence-electron chi connectivity index (χ2n) is 6.40. The molecule has 0 aliphatic carbocycles. The zero-order valence-corrected chi connectivity index (χ0v) is 19.6. The van der Waals surface area contributed by atoms with E-state index in [0.29, 0.717) is 59.5 Å². The van der Waals surface area contributed by atoms with Crippen molar-refractivity contribution in [2.24, 2.45) is 0 Å². The van der Waals surface area contributed by atoms with Gasteiger partial charge in [0, 0.05) is 0 Å². The number of carbonyl (C=O) groups excluding carboxylic acids is 1. The number of esters is 1. The van der Waals surface area contributed by atoms with E-state index in [1.807, 2.05) is 6.92 Å². The van der Waals surface area contributed by atoms with Crippen molar-refractivity contribution >= 4 is 16.1 Å². The second-order valence-corrected chi connectivity index (χ2v) is 8.01. The van der Waals surface area contributed by atoms with Crippen LogP contribution in [0.3, 0.4) is 0 Å². The molecular weight excluding hydrogens is 444 g/mol. The van der Waals surface area contributed by atoms with Gasteiger partial charge in [-0.25, -0.2) is 4.79 Å². The van der Waals surface area contributed by atoms with Crippen LogP contribution in [0.5, 0.6) is 0 Å². The van der Waals surface area contributed by atoms with Crippen LogP contribution >= 0.6 is 0 Å². The highest BCUT2D eigenvalue weighted by Crippen LogP contribution is 2.12. The van der Waals surface area contributed by atoms with Gasteiger partial charge in [0.05, 0.1) is 77.6 Å². The Morgan fingerprint density at radius 1 is 0.719 bits per heavy atom. The van der Waals surface area contributed by atoms with Crippen molar-refractivity contribution in [3.05, 3.63) is 29.8 Å². The molecule has 0 unspecified atom stereocenters. The van der Waals surface area contributed by atoms with Crippen LogP contribution in [0.25, 0.3) is 0 Å². The molecule has 184 valence electrons. The van der Waals surface area contributed by atoms with Crippen molar-refractivity contribution in [1.82, 2.24) is 0 Å². The molecule has 0 spiro atoms. The molecule has 0 atom stereocenters. The third kappa shape index (κ3) is 14.5. The Labute approximate surface area is 190 Å². The van der Waals surface area contributed by atoms with Gasteiger partial charge in [0.1, 0.15) is 6.61 Å². The molecule has 0 aliphatic rings. The standard InChI is InChI=1S/C21H34O10S/c1-3-30-21(22)18-29-15-14-27-11-10-25-8-9-26-12-13-28-16-17-31-32(23,24)20-6-4-19(2)5-7-20/h4-7H,3,8-18H2,1-2H3. The van der Waals surface area contributed by atoms with E-state index in [0.717, 1.165) is 5.56 Å². The first-order chi connectivity index (χ1) is 15.5. The minimum Gasteiger partial charge on any atom is -0.464 e. The van der Waals surface area contributed by atoms with Gasteiger partial charge in [0.15, 0.2) is 0 Å². The van der Waals surface area contributed by atoms with Crippen molar-refractivity contribution < 1.29 is 45.8 Å². The highest BCUT2D eigenvalue weighted by Gasteiger charge is 2.14. The Hall–Kier alpha value is -1.60. The summed E-state index contributed by atoms with van der Waals surface area (Å²) >= 11 is 0. The van der Waals surface area contributed by atoms with Gasteiger partial charge in [-0.2, -0.15) is 8.42 Å². The first-order valence-electron chi connectivity index (χ1n) is 10.5. The molecule has 0 amide bonds. The fraction of sp³-hybridized carbons (Fsp3) is 0.667. The maximum absolute atomic E-state index is 12.0. The zero-order chi connectivity index (χ0) is 23.5. The highest BCUT2D eigenvalue weighted by molar-refractivity contribution is 7.86.